The van der Waals surface area contributed by atoms with Crippen LogP contribution in [-0.4, -0.2) is 21.5 Å². The lowest BCUT2D eigenvalue weighted by molar-refractivity contribution is 0.614. The molecule has 6 heteroatoms. The highest BCUT2D eigenvalue weighted by molar-refractivity contribution is 6.30. The van der Waals surface area contributed by atoms with Crippen LogP contribution in [0, 0.1) is 5.82 Å². The van der Waals surface area contributed by atoms with E-state index in [0.29, 0.717) is 13.1 Å². The number of halogens is 2. The van der Waals surface area contributed by atoms with Crippen molar-refractivity contribution < 1.29 is 4.39 Å². The van der Waals surface area contributed by atoms with Crippen LogP contribution in [0.3, 0.4) is 0 Å². The summed E-state index contributed by atoms with van der Waals surface area (Å²) in [6.45, 7) is 4.24. The quantitative estimate of drug-likeness (QED) is 0.828. The normalized spacial score (nSPS) is 10.9. The molecule has 0 saturated heterocycles. The van der Waals surface area contributed by atoms with Crippen molar-refractivity contribution in [2.75, 3.05) is 6.54 Å². The van der Waals surface area contributed by atoms with Gasteiger partial charge in [0.05, 0.1) is 23.5 Å². The smallest absolute Gasteiger partial charge is 0.142 e. The number of nitrogens with zero attached hydrogens (tertiary/aromatic N) is 3. The first kappa shape index (κ1) is 14.0. The van der Waals surface area contributed by atoms with Gasteiger partial charge in [0, 0.05) is 6.54 Å². The summed E-state index contributed by atoms with van der Waals surface area (Å²) < 4.78 is 15.0. The summed E-state index contributed by atoms with van der Waals surface area (Å²) in [5, 5.41) is 11.5. The fourth-order valence-corrected chi connectivity index (χ4v) is 1.83. The van der Waals surface area contributed by atoms with Gasteiger partial charge in [0.1, 0.15) is 5.82 Å². The van der Waals surface area contributed by atoms with Gasteiger partial charge in [-0.15, -0.1) is 5.10 Å². The summed E-state index contributed by atoms with van der Waals surface area (Å²) in [7, 11) is 0. The Hall–Kier alpha value is -1.46. The lowest BCUT2D eigenvalue weighted by Gasteiger charge is -2.02. The SMILES string of the molecule is CCCNCc1cn(Cc2ccc(Cl)c(F)c2)nn1. The van der Waals surface area contributed by atoms with E-state index in [0.717, 1.165) is 24.2 Å². The maximum Gasteiger partial charge on any atom is 0.142 e. The first-order chi connectivity index (χ1) is 9.19. The second-order valence-corrected chi connectivity index (χ2v) is 4.74. The molecule has 0 bridgehead atoms. The van der Waals surface area contributed by atoms with Gasteiger partial charge in [-0.1, -0.05) is 29.8 Å². The largest absolute Gasteiger partial charge is 0.311 e. The van der Waals surface area contributed by atoms with Crippen LogP contribution in [0.4, 0.5) is 4.39 Å². The van der Waals surface area contributed by atoms with E-state index in [4.69, 9.17) is 11.6 Å². The van der Waals surface area contributed by atoms with E-state index in [1.807, 2.05) is 6.20 Å². The number of aromatic nitrogens is 3. The lowest BCUT2D eigenvalue weighted by Crippen LogP contribution is -2.13. The second kappa shape index (κ2) is 6.63. The molecule has 0 unspecified atom stereocenters. The molecule has 2 rings (SSSR count). The molecular formula is C13H16ClFN4. The monoisotopic (exact) mass is 282 g/mol. The Kier molecular flexibility index (Phi) is 4.87. The summed E-state index contributed by atoms with van der Waals surface area (Å²) in [5.41, 5.74) is 1.68. The molecule has 1 aromatic heterocycles. The summed E-state index contributed by atoms with van der Waals surface area (Å²) >= 11 is 5.64. The van der Waals surface area contributed by atoms with E-state index in [9.17, 15) is 4.39 Å². The number of hydrogen-bond acceptors (Lipinski definition) is 3. The molecule has 19 heavy (non-hydrogen) atoms. The van der Waals surface area contributed by atoms with E-state index in [-0.39, 0.29) is 5.02 Å². The van der Waals surface area contributed by atoms with Gasteiger partial charge in [-0.2, -0.15) is 0 Å². The van der Waals surface area contributed by atoms with Crippen LogP contribution in [0.1, 0.15) is 24.6 Å². The van der Waals surface area contributed by atoms with Gasteiger partial charge < -0.3 is 5.32 Å². The van der Waals surface area contributed by atoms with Crippen molar-refractivity contribution in [1.29, 1.82) is 0 Å². The molecule has 0 atom stereocenters. The second-order valence-electron chi connectivity index (χ2n) is 4.33. The molecule has 0 fully saturated rings. The van der Waals surface area contributed by atoms with Gasteiger partial charge in [-0.3, -0.25) is 0 Å². The van der Waals surface area contributed by atoms with Gasteiger partial charge in [0.2, 0.25) is 0 Å². The lowest BCUT2D eigenvalue weighted by atomic mass is 10.2. The van der Waals surface area contributed by atoms with Crippen molar-refractivity contribution in [1.82, 2.24) is 20.3 Å². The Labute approximate surface area is 116 Å². The number of benzene rings is 1. The Bertz CT molecular complexity index is 541. The van der Waals surface area contributed by atoms with Crippen molar-refractivity contribution in [2.24, 2.45) is 0 Å². The zero-order valence-corrected chi connectivity index (χ0v) is 11.5. The Morgan fingerprint density at radius 1 is 1.42 bits per heavy atom. The molecule has 1 heterocycles. The highest BCUT2D eigenvalue weighted by Gasteiger charge is 2.04. The third-order valence-corrected chi connectivity index (χ3v) is 2.95. The molecule has 0 aliphatic rings. The molecule has 1 aromatic carbocycles. The van der Waals surface area contributed by atoms with Crippen molar-refractivity contribution in [3.63, 3.8) is 0 Å². The predicted molar refractivity (Wildman–Crippen MR) is 72.5 cm³/mol. The van der Waals surface area contributed by atoms with E-state index >= 15 is 0 Å². The zero-order valence-electron chi connectivity index (χ0n) is 10.7. The maximum atomic E-state index is 13.3. The van der Waals surface area contributed by atoms with Crippen molar-refractivity contribution >= 4 is 11.6 Å². The van der Waals surface area contributed by atoms with Crippen molar-refractivity contribution in [2.45, 2.75) is 26.4 Å². The molecule has 1 N–H and O–H groups in total. The van der Waals surface area contributed by atoms with Crippen LogP contribution >= 0.6 is 11.6 Å². The van der Waals surface area contributed by atoms with Crippen LogP contribution in [0.5, 0.6) is 0 Å². The van der Waals surface area contributed by atoms with Crippen LogP contribution in [0.15, 0.2) is 24.4 Å². The molecule has 0 radical (unpaired) electrons. The molecular weight excluding hydrogens is 267 g/mol. The van der Waals surface area contributed by atoms with Crippen molar-refractivity contribution in [3.05, 3.63) is 46.5 Å². The number of hydrogen-bond donors (Lipinski definition) is 1. The van der Waals surface area contributed by atoms with Gasteiger partial charge in [0.25, 0.3) is 0 Å². The first-order valence-corrected chi connectivity index (χ1v) is 6.60. The van der Waals surface area contributed by atoms with E-state index in [2.05, 4.69) is 22.6 Å². The summed E-state index contributed by atoms with van der Waals surface area (Å²) in [5.74, 6) is -0.413. The van der Waals surface area contributed by atoms with Gasteiger partial charge in [-0.25, -0.2) is 9.07 Å². The molecule has 0 aliphatic heterocycles. The fourth-order valence-electron chi connectivity index (χ4n) is 1.72. The van der Waals surface area contributed by atoms with Gasteiger partial charge in [-0.05, 0) is 30.7 Å². The minimum Gasteiger partial charge on any atom is -0.311 e. The molecule has 4 nitrogen and oxygen atoms in total. The standard InChI is InChI=1S/C13H16ClFN4/c1-2-5-16-7-11-9-19(18-17-11)8-10-3-4-12(14)13(15)6-10/h3-4,6,9,16H,2,5,7-8H2,1H3. The van der Waals surface area contributed by atoms with Gasteiger partial charge >= 0.3 is 0 Å². The first-order valence-electron chi connectivity index (χ1n) is 6.22. The molecule has 102 valence electrons. The molecule has 0 saturated carbocycles. The van der Waals surface area contributed by atoms with E-state index in [1.54, 1.807) is 16.8 Å². The minimum atomic E-state index is -0.413. The average molecular weight is 283 g/mol. The molecule has 0 aliphatic carbocycles. The molecule has 0 amide bonds. The number of nitrogens with one attached hydrogen (secondary N) is 1. The zero-order chi connectivity index (χ0) is 13.7. The van der Waals surface area contributed by atoms with E-state index < -0.39 is 5.82 Å². The Morgan fingerprint density at radius 2 is 2.26 bits per heavy atom. The third kappa shape index (κ3) is 4.01. The summed E-state index contributed by atoms with van der Waals surface area (Å²) in [6.07, 6.45) is 2.94. The van der Waals surface area contributed by atoms with Crippen LogP contribution in [-0.2, 0) is 13.1 Å². The minimum absolute atomic E-state index is 0.131. The van der Waals surface area contributed by atoms with Crippen LogP contribution in [0.2, 0.25) is 5.02 Å². The van der Waals surface area contributed by atoms with Crippen LogP contribution in [0.25, 0.3) is 0 Å². The van der Waals surface area contributed by atoms with Crippen molar-refractivity contribution in [3.8, 4) is 0 Å². The Morgan fingerprint density at radius 3 is 3.00 bits per heavy atom. The summed E-state index contributed by atoms with van der Waals surface area (Å²) in [6, 6.07) is 4.74. The Balaban J connectivity index is 1.97. The number of rotatable bonds is 6. The molecule has 0 spiro atoms. The average Bonchev–Trinajstić information content (AvgIpc) is 2.82. The molecule has 2 aromatic rings. The summed E-state index contributed by atoms with van der Waals surface area (Å²) in [4.78, 5) is 0. The predicted octanol–water partition coefficient (Wildman–Crippen LogP) is 2.62. The highest BCUT2D eigenvalue weighted by Crippen LogP contribution is 2.16. The van der Waals surface area contributed by atoms with E-state index in [1.165, 1.54) is 6.07 Å². The van der Waals surface area contributed by atoms with Crippen LogP contribution < -0.4 is 5.32 Å². The third-order valence-electron chi connectivity index (χ3n) is 2.65. The highest BCUT2D eigenvalue weighted by atomic mass is 35.5. The maximum absolute atomic E-state index is 13.3. The fraction of sp³-hybridized carbons (Fsp3) is 0.385. The topological polar surface area (TPSA) is 42.7 Å². The van der Waals surface area contributed by atoms with Gasteiger partial charge in [0.15, 0.2) is 0 Å².